The molecule has 15 heteroatoms. The molecule has 1 atom stereocenters. The maximum atomic E-state index is 14.5. The molecule has 2 fully saturated rings. The number of nitrogens with zero attached hydrogens (tertiary/aromatic N) is 2. The van der Waals surface area contributed by atoms with Crippen LogP contribution in [0.4, 0.5) is 28.9 Å². The Kier molecular flexibility index (Phi) is 7.86. The molecule has 2 aliphatic rings. The lowest BCUT2D eigenvalue weighted by atomic mass is 10.1. The van der Waals surface area contributed by atoms with Crippen molar-refractivity contribution in [3.05, 3.63) is 47.5 Å². The first-order valence-corrected chi connectivity index (χ1v) is 12.2. The molecule has 0 spiro atoms. The number of aromatic nitrogens is 1. The highest BCUT2D eigenvalue weighted by Crippen LogP contribution is 2.39. The Balaban J connectivity index is 1.46. The summed E-state index contributed by atoms with van der Waals surface area (Å²) in [5, 5.41) is 13.7. The van der Waals surface area contributed by atoms with E-state index in [0.29, 0.717) is 11.0 Å². The first-order valence-electron chi connectivity index (χ1n) is 11.7. The average molecular weight is 566 g/mol. The van der Waals surface area contributed by atoms with E-state index in [9.17, 15) is 31.9 Å². The molecule has 5 N–H and O–H groups in total. The molecule has 0 radical (unpaired) electrons. The molecule has 0 unspecified atom stereocenters. The van der Waals surface area contributed by atoms with Crippen LogP contribution in [0.15, 0.2) is 30.5 Å². The van der Waals surface area contributed by atoms with Crippen molar-refractivity contribution in [2.24, 2.45) is 5.73 Å². The quantitative estimate of drug-likeness (QED) is 0.208. The highest BCUT2D eigenvalue weighted by Gasteiger charge is 2.37. The highest BCUT2D eigenvalue weighted by atomic mass is 31.0. The number of hydrogen-bond donors (Lipinski definition) is 4. The van der Waals surface area contributed by atoms with E-state index in [1.54, 1.807) is 6.07 Å². The van der Waals surface area contributed by atoms with E-state index in [2.05, 4.69) is 29.2 Å². The van der Waals surface area contributed by atoms with E-state index < -0.39 is 53.1 Å². The summed E-state index contributed by atoms with van der Waals surface area (Å²) in [5.41, 5.74) is 5.40. The number of rotatable bonds is 9. The van der Waals surface area contributed by atoms with Crippen molar-refractivity contribution in [2.45, 2.75) is 37.6 Å². The summed E-state index contributed by atoms with van der Waals surface area (Å²) in [4.78, 5) is 43.2. The Morgan fingerprint density at radius 2 is 1.95 bits per heavy atom. The van der Waals surface area contributed by atoms with Gasteiger partial charge < -0.3 is 26.0 Å². The van der Waals surface area contributed by atoms with Crippen molar-refractivity contribution in [1.29, 1.82) is 5.41 Å². The number of likely N-dealkylation sites (tertiary alicyclic amines) is 1. The molecule has 1 saturated carbocycles. The third-order valence-electron chi connectivity index (χ3n) is 6.11. The SMILES string of the molecule is N=C(C(N)=O)c1cc(C2CC2)ncc1NCC(=O)N1CC(=P)C[C@H]1C(=O)Nc1cccc(OC(F)(F)F)c1F. The number of ether oxygens (including phenoxy) is 1. The second-order valence-electron chi connectivity index (χ2n) is 9.02. The number of hydrogen-bond acceptors (Lipinski definition) is 7. The average Bonchev–Trinajstić information content (AvgIpc) is 3.64. The van der Waals surface area contributed by atoms with Gasteiger partial charge in [0.1, 0.15) is 11.8 Å². The van der Waals surface area contributed by atoms with E-state index in [0.717, 1.165) is 31.0 Å². The fraction of sp³-hybridized carbons (Fsp3) is 0.333. The normalized spacial score (nSPS) is 17.1. The monoisotopic (exact) mass is 566 g/mol. The number of halogens is 4. The third-order valence-corrected chi connectivity index (χ3v) is 6.48. The molecule has 1 aliphatic heterocycles. The van der Waals surface area contributed by atoms with Crippen LogP contribution in [-0.2, 0) is 14.4 Å². The highest BCUT2D eigenvalue weighted by molar-refractivity contribution is 7.21. The lowest BCUT2D eigenvalue weighted by molar-refractivity contribution is -0.275. The zero-order valence-electron chi connectivity index (χ0n) is 20.2. The fourth-order valence-electron chi connectivity index (χ4n) is 4.07. The van der Waals surface area contributed by atoms with Gasteiger partial charge in [0.2, 0.25) is 11.8 Å². The third kappa shape index (κ3) is 6.69. The molecule has 0 bridgehead atoms. The fourth-order valence-corrected chi connectivity index (χ4v) is 4.44. The van der Waals surface area contributed by atoms with Crippen LogP contribution in [0.5, 0.6) is 5.75 Å². The summed E-state index contributed by atoms with van der Waals surface area (Å²) in [7, 11) is 3.34. The first kappa shape index (κ1) is 28.0. The minimum Gasteiger partial charge on any atom is -0.403 e. The zero-order valence-corrected chi connectivity index (χ0v) is 21.2. The van der Waals surface area contributed by atoms with Gasteiger partial charge in [0.25, 0.3) is 5.91 Å². The Labute approximate surface area is 221 Å². The number of nitrogens with two attached hydrogens (primary N) is 1. The largest absolute Gasteiger partial charge is 0.573 e. The molecule has 2 heterocycles. The van der Waals surface area contributed by atoms with Gasteiger partial charge in [0.05, 0.1) is 24.1 Å². The molecular weight excluding hydrogens is 543 g/mol. The van der Waals surface area contributed by atoms with Crippen LogP contribution >= 0.6 is 8.86 Å². The van der Waals surface area contributed by atoms with Gasteiger partial charge in [-0.25, -0.2) is 4.39 Å². The van der Waals surface area contributed by atoms with Crippen molar-refractivity contribution < 1.29 is 36.7 Å². The van der Waals surface area contributed by atoms with Gasteiger partial charge in [-0.05, 0) is 36.3 Å². The van der Waals surface area contributed by atoms with Gasteiger partial charge in [-0.2, -0.15) is 0 Å². The molecule has 4 rings (SSSR count). The molecule has 1 aliphatic carbocycles. The molecule has 1 aromatic carbocycles. The molecule has 10 nitrogen and oxygen atoms in total. The second-order valence-corrected chi connectivity index (χ2v) is 9.73. The molecule has 2 aromatic rings. The summed E-state index contributed by atoms with van der Waals surface area (Å²) >= 11 is 0. The van der Waals surface area contributed by atoms with Gasteiger partial charge in [0, 0.05) is 30.1 Å². The Morgan fingerprint density at radius 1 is 1.23 bits per heavy atom. The standard InChI is InChI=1S/C24H23F4N6O4P/c25-20-14(2-1-3-18(20)38-24(26,27)28)33-23(37)17-6-12(39)10-34(17)19(35)9-32-16-8-31-15(11-4-5-11)7-13(16)21(29)22(30)36/h1-3,7-8,11,17,29,32,39H,4-6,9-10H2,(H2,30,36)(H,33,37)/t17-/m0/s1. The Bertz CT molecular complexity index is 1360. The van der Waals surface area contributed by atoms with E-state index in [1.807, 2.05) is 0 Å². The lowest BCUT2D eigenvalue weighted by Crippen LogP contribution is -2.45. The minimum absolute atomic E-state index is 0.0397. The van der Waals surface area contributed by atoms with Gasteiger partial charge >= 0.3 is 6.36 Å². The van der Waals surface area contributed by atoms with Crippen LogP contribution in [0.25, 0.3) is 0 Å². The first-order chi connectivity index (χ1) is 18.3. The maximum absolute atomic E-state index is 14.5. The van der Waals surface area contributed by atoms with Gasteiger partial charge in [-0.3, -0.25) is 24.8 Å². The number of carbonyl (C=O) groups is 3. The van der Waals surface area contributed by atoms with Crippen LogP contribution in [-0.4, -0.2) is 64.1 Å². The van der Waals surface area contributed by atoms with Crippen LogP contribution in [0.2, 0.25) is 0 Å². The summed E-state index contributed by atoms with van der Waals surface area (Å²) in [5.74, 6) is -4.64. The van der Waals surface area contributed by atoms with Crippen LogP contribution < -0.4 is 21.1 Å². The number of anilines is 2. The summed E-state index contributed by atoms with van der Waals surface area (Å²) in [6, 6.07) is 3.38. The minimum atomic E-state index is -5.13. The molecule has 39 heavy (non-hydrogen) atoms. The number of alkyl halides is 3. The van der Waals surface area contributed by atoms with Crippen molar-refractivity contribution >= 4 is 49.0 Å². The topological polar surface area (TPSA) is 150 Å². The number of amides is 3. The van der Waals surface area contributed by atoms with Gasteiger partial charge in [-0.15, -0.1) is 22.0 Å². The molecule has 1 saturated heterocycles. The molecular formula is C24H23F4N6O4P. The number of pyridine rings is 1. The van der Waals surface area contributed by atoms with Crippen molar-refractivity contribution in [2.75, 3.05) is 23.7 Å². The van der Waals surface area contributed by atoms with E-state index in [-0.39, 0.29) is 36.7 Å². The smallest absolute Gasteiger partial charge is 0.403 e. The van der Waals surface area contributed by atoms with Crippen LogP contribution in [0, 0.1) is 11.2 Å². The van der Waals surface area contributed by atoms with Crippen LogP contribution in [0.1, 0.15) is 36.4 Å². The molecule has 3 amide bonds. The maximum Gasteiger partial charge on any atom is 0.573 e. The van der Waals surface area contributed by atoms with Gasteiger partial charge in [0.15, 0.2) is 11.6 Å². The number of benzene rings is 1. The molecule has 1 aromatic heterocycles. The van der Waals surface area contributed by atoms with Gasteiger partial charge in [-0.1, -0.05) is 6.07 Å². The second kappa shape index (κ2) is 11.0. The zero-order chi connectivity index (χ0) is 28.5. The van der Waals surface area contributed by atoms with Crippen molar-refractivity contribution in [3.63, 3.8) is 0 Å². The predicted octanol–water partition coefficient (Wildman–Crippen LogP) is 2.82. The summed E-state index contributed by atoms with van der Waals surface area (Å²) in [6.07, 6.45) is -1.77. The Morgan fingerprint density at radius 3 is 2.59 bits per heavy atom. The van der Waals surface area contributed by atoms with Crippen molar-refractivity contribution in [1.82, 2.24) is 9.88 Å². The lowest BCUT2D eigenvalue weighted by Gasteiger charge is -2.24. The summed E-state index contributed by atoms with van der Waals surface area (Å²) < 4.78 is 55.8. The molecule has 206 valence electrons. The number of carbonyl (C=O) groups excluding carboxylic acids is 3. The van der Waals surface area contributed by atoms with Crippen LogP contribution in [0.3, 0.4) is 0 Å². The van der Waals surface area contributed by atoms with E-state index >= 15 is 0 Å². The number of nitrogens with one attached hydrogen (secondary N) is 3. The number of primary amides is 1. The van der Waals surface area contributed by atoms with Crippen molar-refractivity contribution in [3.8, 4) is 5.75 Å². The summed E-state index contributed by atoms with van der Waals surface area (Å²) in [6.45, 7) is -0.311. The van der Waals surface area contributed by atoms with E-state index in [1.165, 1.54) is 11.1 Å². The van der Waals surface area contributed by atoms with E-state index in [4.69, 9.17) is 11.1 Å². The Hall–Kier alpha value is -4.06. The predicted molar refractivity (Wildman–Crippen MR) is 136 cm³/mol.